The Hall–Kier alpha value is -1.52. The van der Waals surface area contributed by atoms with Crippen LogP contribution in [0.5, 0.6) is 0 Å². The van der Waals surface area contributed by atoms with Gasteiger partial charge in [0.25, 0.3) is 0 Å². The Balaban J connectivity index is 2.41. The number of nitrogens with zero attached hydrogens (tertiary/aromatic N) is 2. The number of rotatable bonds is 6. The molecule has 0 aromatic heterocycles. The third-order valence-corrected chi connectivity index (χ3v) is 5.71. The maximum absolute atomic E-state index is 13.8. The molecule has 1 aromatic rings. The largest absolute Gasteiger partial charge is 0.246 e. The van der Waals surface area contributed by atoms with E-state index in [0.717, 1.165) is 35.3 Å². The second-order valence-electron chi connectivity index (χ2n) is 5.15. The molecule has 0 bridgehead atoms. The van der Waals surface area contributed by atoms with Crippen LogP contribution < -0.4 is 0 Å². The SMILES string of the molecule is C[C@@H](C1CC1)N(CCC#N)S(=O)(=O)c1cccc(F)c1F. The van der Waals surface area contributed by atoms with Crippen molar-refractivity contribution in [2.45, 2.75) is 37.1 Å². The number of hydrogen-bond acceptors (Lipinski definition) is 3. The molecule has 1 saturated carbocycles. The van der Waals surface area contributed by atoms with E-state index in [0.29, 0.717) is 0 Å². The highest BCUT2D eigenvalue weighted by atomic mass is 32.2. The molecule has 2 rings (SSSR count). The topological polar surface area (TPSA) is 61.2 Å². The third kappa shape index (κ3) is 3.22. The van der Waals surface area contributed by atoms with Gasteiger partial charge in [-0.25, -0.2) is 17.2 Å². The van der Waals surface area contributed by atoms with Gasteiger partial charge in [0.1, 0.15) is 4.90 Å². The van der Waals surface area contributed by atoms with E-state index in [1.807, 2.05) is 6.07 Å². The maximum atomic E-state index is 13.8. The summed E-state index contributed by atoms with van der Waals surface area (Å²) in [7, 11) is -4.16. The van der Waals surface area contributed by atoms with Gasteiger partial charge < -0.3 is 0 Å². The highest BCUT2D eigenvalue weighted by molar-refractivity contribution is 7.89. The first-order chi connectivity index (χ1) is 9.89. The summed E-state index contributed by atoms with van der Waals surface area (Å²) < 4.78 is 53.4. The Labute approximate surface area is 123 Å². The van der Waals surface area contributed by atoms with E-state index >= 15 is 0 Å². The first kappa shape index (κ1) is 15.9. The van der Waals surface area contributed by atoms with Crippen molar-refractivity contribution < 1.29 is 17.2 Å². The van der Waals surface area contributed by atoms with Gasteiger partial charge in [-0.1, -0.05) is 6.07 Å². The highest BCUT2D eigenvalue weighted by Crippen LogP contribution is 2.37. The van der Waals surface area contributed by atoms with Crippen molar-refractivity contribution in [2.75, 3.05) is 6.54 Å². The van der Waals surface area contributed by atoms with Crippen LogP contribution in [0, 0.1) is 28.9 Å². The summed E-state index contributed by atoms with van der Waals surface area (Å²) in [6.07, 6.45) is 1.82. The number of sulfonamides is 1. The molecule has 7 heteroatoms. The molecule has 1 aliphatic carbocycles. The molecule has 1 fully saturated rings. The quantitative estimate of drug-likeness (QED) is 0.811. The zero-order valence-corrected chi connectivity index (χ0v) is 12.4. The van der Waals surface area contributed by atoms with E-state index in [2.05, 4.69) is 0 Å². The fourth-order valence-corrected chi connectivity index (χ4v) is 4.09. The van der Waals surface area contributed by atoms with Crippen molar-refractivity contribution in [3.8, 4) is 6.07 Å². The van der Waals surface area contributed by atoms with Crippen molar-refractivity contribution >= 4 is 10.0 Å². The van der Waals surface area contributed by atoms with Crippen LogP contribution in [0.1, 0.15) is 26.2 Å². The molecular formula is C14H16F2N2O2S. The summed E-state index contributed by atoms with van der Waals surface area (Å²) in [4.78, 5) is -0.673. The Bertz CT molecular complexity index is 666. The molecule has 114 valence electrons. The second-order valence-corrected chi connectivity index (χ2v) is 7.01. The van der Waals surface area contributed by atoms with Crippen LogP contribution in [0.2, 0.25) is 0 Å². The van der Waals surface area contributed by atoms with E-state index in [-0.39, 0.29) is 24.9 Å². The van der Waals surface area contributed by atoms with Gasteiger partial charge in [-0.15, -0.1) is 0 Å². The zero-order valence-electron chi connectivity index (χ0n) is 11.6. The van der Waals surface area contributed by atoms with E-state index in [1.165, 1.54) is 0 Å². The summed E-state index contributed by atoms with van der Waals surface area (Å²) in [5, 5.41) is 8.68. The second kappa shape index (κ2) is 6.08. The van der Waals surface area contributed by atoms with Gasteiger partial charge in [-0.3, -0.25) is 0 Å². The highest BCUT2D eigenvalue weighted by Gasteiger charge is 2.39. The van der Waals surface area contributed by atoms with Gasteiger partial charge in [0.15, 0.2) is 11.6 Å². The average Bonchev–Trinajstić information content (AvgIpc) is 3.26. The molecule has 1 aromatic carbocycles. The first-order valence-electron chi connectivity index (χ1n) is 6.72. The van der Waals surface area contributed by atoms with Crippen LogP contribution in [0.15, 0.2) is 23.1 Å². The fourth-order valence-electron chi connectivity index (χ4n) is 2.33. The van der Waals surface area contributed by atoms with Crippen LogP contribution in [0.4, 0.5) is 8.78 Å². The number of nitriles is 1. The van der Waals surface area contributed by atoms with Gasteiger partial charge in [-0.2, -0.15) is 9.57 Å². The predicted octanol–water partition coefficient (Wildman–Crippen LogP) is 2.67. The lowest BCUT2D eigenvalue weighted by molar-refractivity contribution is 0.312. The molecule has 0 unspecified atom stereocenters. The zero-order chi connectivity index (χ0) is 15.6. The Morgan fingerprint density at radius 1 is 1.43 bits per heavy atom. The molecular weight excluding hydrogens is 298 g/mol. The molecule has 0 radical (unpaired) electrons. The van der Waals surface area contributed by atoms with Crippen molar-refractivity contribution in [1.82, 2.24) is 4.31 Å². The van der Waals surface area contributed by atoms with Crippen molar-refractivity contribution in [2.24, 2.45) is 5.92 Å². The third-order valence-electron chi connectivity index (χ3n) is 3.71. The number of hydrogen-bond donors (Lipinski definition) is 0. The molecule has 0 amide bonds. The van der Waals surface area contributed by atoms with Crippen LogP contribution in [0.25, 0.3) is 0 Å². The first-order valence-corrected chi connectivity index (χ1v) is 8.16. The molecule has 0 N–H and O–H groups in total. The van der Waals surface area contributed by atoms with Crippen molar-refractivity contribution in [3.05, 3.63) is 29.8 Å². The van der Waals surface area contributed by atoms with Gasteiger partial charge >= 0.3 is 0 Å². The normalized spacial score (nSPS) is 16.7. The lowest BCUT2D eigenvalue weighted by atomic mass is 10.2. The Kier molecular flexibility index (Phi) is 4.59. The lowest BCUT2D eigenvalue weighted by Crippen LogP contribution is -2.40. The number of benzene rings is 1. The molecule has 1 atom stereocenters. The average molecular weight is 314 g/mol. The Morgan fingerprint density at radius 3 is 2.67 bits per heavy atom. The van der Waals surface area contributed by atoms with Gasteiger partial charge in [0, 0.05) is 19.0 Å². The van der Waals surface area contributed by atoms with Gasteiger partial charge in [0.05, 0.1) is 6.07 Å². The van der Waals surface area contributed by atoms with Crippen molar-refractivity contribution in [1.29, 1.82) is 5.26 Å². The fraction of sp³-hybridized carbons (Fsp3) is 0.500. The minimum Gasteiger partial charge on any atom is -0.207 e. The summed E-state index contributed by atoms with van der Waals surface area (Å²) in [5.41, 5.74) is 0. The summed E-state index contributed by atoms with van der Waals surface area (Å²) in [6, 6.07) is 4.64. The minimum absolute atomic E-state index is 0.00717. The summed E-state index contributed by atoms with van der Waals surface area (Å²) in [6.45, 7) is 1.72. The smallest absolute Gasteiger partial charge is 0.207 e. The van der Waals surface area contributed by atoms with Gasteiger partial charge in [-0.05, 0) is 37.8 Å². The lowest BCUT2D eigenvalue weighted by Gasteiger charge is -2.27. The van der Waals surface area contributed by atoms with Crippen LogP contribution >= 0.6 is 0 Å². The predicted molar refractivity (Wildman–Crippen MR) is 72.7 cm³/mol. The van der Waals surface area contributed by atoms with E-state index in [9.17, 15) is 17.2 Å². The maximum Gasteiger partial charge on any atom is 0.246 e. The standard InChI is InChI=1S/C14H16F2N2O2S/c1-10(11-6-7-11)18(9-3-8-17)21(19,20)13-5-2-4-12(15)14(13)16/h2,4-5,10-11H,3,6-7,9H2,1H3/t10-/m0/s1. The van der Waals surface area contributed by atoms with Gasteiger partial charge in [0.2, 0.25) is 10.0 Å². The Morgan fingerprint density at radius 2 is 2.10 bits per heavy atom. The molecule has 4 nitrogen and oxygen atoms in total. The van der Waals surface area contributed by atoms with E-state index in [1.54, 1.807) is 6.92 Å². The molecule has 1 aliphatic rings. The summed E-state index contributed by atoms with van der Waals surface area (Å²) in [5.74, 6) is -2.35. The number of halogens is 2. The van der Waals surface area contributed by atoms with E-state index in [4.69, 9.17) is 5.26 Å². The van der Waals surface area contributed by atoms with Crippen LogP contribution in [0.3, 0.4) is 0 Å². The minimum atomic E-state index is -4.16. The molecule has 0 heterocycles. The monoisotopic (exact) mass is 314 g/mol. The molecule has 0 spiro atoms. The van der Waals surface area contributed by atoms with Crippen molar-refractivity contribution in [3.63, 3.8) is 0 Å². The molecule has 21 heavy (non-hydrogen) atoms. The molecule has 0 saturated heterocycles. The van der Waals surface area contributed by atoms with Crippen LogP contribution in [-0.2, 0) is 10.0 Å². The van der Waals surface area contributed by atoms with Crippen LogP contribution in [-0.4, -0.2) is 25.3 Å². The van der Waals surface area contributed by atoms with E-state index < -0.39 is 26.6 Å². The molecule has 0 aliphatic heterocycles. The summed E-state index contributed by atoms with van der Waals surface area (Å²) >= 11 is 0.